The van der Waals surface area contributed by atoms with E-state index in [0.29, 0.717) is 25.4 Å². The summed E-state index contributed by atoms with van der Waals surface area (Å²) >= 11 is 0. The Hall–Kier alpha value is -2.05. The molecule has 7 nitrogen and oxygen atoms in total. The largest absolute Gasteiger partial charge is 0.353 e. The summed E-state index contributed by atoms with van der Waals surface area (Å²) in [7, 11) is 0. The molecule has 0 aromatic carbocycles. The predicted molar refractivity (Wildman–Crippen MR) is 93.9 cm³/mol. The Morgan fingerprint density at radius 2 is 2.21 bits per heavy atom. The molecule has 0 radical (unpaired) electrons. The second-order valence-corrected chi connectivity index (χ2v) is 6.65. The lowest BCUT2D eigenvalue weighted by atomic mass is 10.1. The fraction of sp³-hybridized carbons (Fsp3) is 0.706. The Kier molecular flexibility index (Phi) is 6.23. The van der Waals surface area contributed by atoms with E-state index in [4.69, 9.17) is 0 Å². The summed E-state index contributed by atoms with van der Waals surface area (Å²) in [5.41, 5.74) is 1.76. The number of urea groups is 1. The van der Waals surface area contributed by atoms with Gasteiger partial charge >= 0.3 is 6.03 Å². The average molecular weight is 335 g/mol. The molecule has 134 valence electrons. The molecule has 1 saturated heterocycles. The van der Waals surface area contributed by atoms with Crippen molar-refractivity contribution >= 4 is 17.6 Å². The SMILES string of the molecule is CCC[C@@H]1C(=O)NCCN1C(=O)Nc1cnn(CC(C)C)c1CC. The van der Waals surface area contributed by atoms with E-state index in [2.05, 4.69) is 36.5 Å². The fourth-order valence-electron chi connectivity index (χ4n) is 3.10. The van der Waals surface area contributed by atoms with Gasteiger partial charge in [0.05, 0.1) is 17.6 Å². The van der Waals surface area contributed by atoms with Gasteiger partial charge in [0.15, 0.2) is 0 Å². The molecule has 0 bridgehead atoms. The van der Waals surface area contributed by atoms with Crippen LogP contribution in [0, 0.1) is 5.92 Å². The predicted octanol–water partition coefficient (Wildman–Crippen LogP) is 2.23. The highest BCUT2D eigenvalue weighted by atomic mass is 16.2. The molecule has 0 spiro atoms. The van der Waals surface area contributed by atoms with Gasteiger partial charge in [-0.05, 0) is 18.8 Å². The first kappa shape index (κ1) is 18.3. The van der Waals surface area contributed by atoms with Crippen LogP contribution < -0.4 is 10.6 Å². The van der Waals surface area contributed by atoms with E-state index in [1.807, 2.05) is 11.6 Å². The van der Waals surface area contributed by atoms with Gasteiger partial charge < -0.3 is 15.5 Å². The van der Waals surface area contributed by atoms with Crippen LogP contribution in [0.2, 0.25) is 0 Å². The van der Waals surface area contributed by atoms with Crippen LogP contribution in [-0.2, 0) is 17.8 Å². The third-order valence-electron chi connectivity index (χ3n) is 4.22. The smallest absolute Gasteiger partial charge is 0.322 e. The molecule has 1 aromatic heterocycles. The number of carbonyl (C=O) groups excluding carboxylic acids is 2. The molecule has 7 heteroatoms. The number of piperazine rings is 1. The van der Waals surface area contributed by atoms with Crippen LogP contribution in [0.25, 0.3) is 0 Å². The first-order valence-corrected chi connectivity index (χ1v) is 8.87. The minimum Gasteiger partial charge on any atom is -0.353 e. The van der Waals surface area contributed by atoms with Gasteiger partial charge in [-0.15, -0.1) is 0 Å². The van der Waals surface area contributed by atoms with Crippen molar-refractivity contribution in [3.8, 4) is 0 Å². The van der Waals surface area contributed by atoms with Crippen molar-refractivity contribution < 1.29 is 9.59 Å². The lowest BCUT2D eigenvalue weighted by Crippen LogP contribution is -2.58. The lowest BCUT2D eigenvalue weighted by Gasteiger charge is -2.34. The number of nitrogens with zero attached hydrogens (tertiary/aromatic N) is 3. The maximum absolute atomic E-state index is 12.7. The molecule has 1 aromatic rings. The molecule has 2 rings (SSSR count). The van der Waals surface area contributed by atoms with E-state index >= 15 is 0 Å². The van der Waals surface area contributed by atoms with E-state index in [0.717, 1.165) is 30.8 Å². The first-order chi connectivity index (χ1) is 11.5. The van der Waals surface area contributed by atoms with Crippen molar-refractivity contribution in [2.24, 2.45) is 5.92 Å². The molecule has 0 aliphatic carbocycles. The molecule has 1 atom stereocenters. The highest BCUT2D eigenvalue weighted by Gasteiger charge is 2.32. The quantitative estimate of drug-likeness (QED) is 0.837. The monoisotopic (exact) mass is 335 g/mol. The summed E-state index contributed by atoms with van der Waals surface area (Å²) < 4.78 is 1.95. The number of hydrogen-bond donors (Lipinski definition) is 2. The number of amides is 3. The van der Waals surface area contributed by atoms with Gasteiger partial charge in [0.25, 0.3) is 0 Å². The van der Waals surface area contributed by atoms with Crippen LogP contribution in [-0.4, -0.2) is 45.8 Å². The highest BCUT2D eigenvalue weighted by molar-refractivity contribution is 5.94. The summed E-state index contributed by atoms with van der Waals surface area (Å²) in [5, 5.41) is 10.2. The topological polar surface area (TPSA) is 79.3 Å². The zero-order valence-electron chi connectivity index (χ0n) is 15.1. The number of hydrogen-bond acceptors (Lipinski definition) is 3. The molecule has 1 fully saturated rings. The normalized spacial score (nSPS) is 18.0. The number of aromatic nitrogens is 2. The van der Waals surface area contributed by atoms with Crippen molar-refractivity contribution in [1.29, 1.82) is 0 Å². The number of nitrogens with one attached hydrogen (secondary N) is 2. The Bertz CT molecular complexity index is 582. The Morgan fingerprint density at radius 3 is 2.83 bits per heavy atom. The molecule has 1 aliphatic heterocycles. The molecule has 24 heavy (non-hydrogen) atoms. The summed E-state index contributed by atoms with van der Waals surface area (Å²) in [5.74, 6) is 0.419. The van der Waals surface area contributed by atoms with Crippen LogP contribution in [0.4, 0.5) is 10.5 Å². The molecule has 3 amide bonds. The maximum atomic E-state index is 12.7. The summed E-state index contributed by atoms with van der Waals surface area (Å²) in [6.07, 6.45) is 4.03. The van der Waals surface area contributed by atoms with Crippen molar-refractivity contribution in [2.45, 2.75) is 59.5 Å². The lowest BCUT2D eigenvalue weighted by molar-refractivity contribution is -0.127. The Labute approximate surface area is 143 Å². The summed E-state index contributed by atoms with van der Waals surface area (Å²) in [6.45, 7) is 10.2. The minimum atomic E-state index is -0.389. The van der Waals surface area contributed by atoms with Crippen LogP contribution >= 0.6 is 0 Å². The molecule has 0 unspecified atom stereocenters. The average Bonchev–Trinajstić information content (AvgIpc) is 2.90. The van der Waals surface area contributed by atoms with Crippen LogP contribution in [0.1, 0.15) is 46.2 Å². The molecule has 1 aliphatic rings. The zero-order valence-corrected chi connectivity index (χ0v) is 15.1. The zero-order chi connectivity index (χ0) is 17.7. The first-order valence-electron chi connectivity index (χ1n) is 8.87. The second-order valence-electron chi connectivity index (χ2n) is 6.65. The van der Waals surface area contributed by atoms with Crippen molar-refractivity contribution in [1.82, 2.24) is 20.0 Å². The van der Waals surface area contributed by atoms with Crippen LogP contribution in [0.3, 0.4) is 0 Å². The fourth-order valence-corrected chi connectivity index (χ4v) is 3.10. The molecular formula is C17H29N5O2. The Morgan fingerprint density at radius 1 is 1.46 bits per heavy atom. The van der Waals surface area contributed by atoms with Gasteiger partial charge in [-0.3, -0.25) is 9.48 Å². The highest BCUT2D eigenvalue weighted by Crippen LogP contribution is 2.19. The summed E-state index contributed by atoms with van der Waals surface area (Å²) in [4.78, 5) is 26.4. The molecule has 2 N–H and O–H groups in total. The number of rotatable bonds is 6. The van der Waals surface area contributed by atoms with Gasteiger partial charge in [0.2, 0.25) is 5.91 Å². The maximum Gasteiger partial charge on any atom is 0.322 e. The van der Waals surface area contributed by atoms with Crippen molar-refractivity contribution in [2.75, 3.05) is 18.4 Å². The van der Waals surface area contributed by atoms with Crippen LogP contribution in [0.15, 0.2) is 6.20 Å². The summed E-state index contributed by atoms with van der Waals surface area (Å²) in [6, 6.07) is -0.610. The van der Waals surface area contributed by atoms with Crippen molar-refractivity contribution in [3.05, 3.63) is 11.9 Å². The van der Waals surface area contributed by atoms with E-state index in [9.17, 15) is 9.59 Å². The third-order valence-corrected chi connectivity index (χ3v) is 4.22. The third kappa shape index (κ3) is 4.07. The van der Waals surface area contributed by atoms with E-state index in [1.54, 1.807) is 11.1 Å². The van der Waals surface area contributed by atoms with E-state index in [-0.39, 0.29) is 18.0 Å². The van der Waals surface area contributed by atoms with Gasteiger partial charge in [0, 0.05) is 19.6 Å². The second kappa shape index (κ2) is 8.17. The van der Waals surface area contributed by atoms with Gasteiger partial charge in [-0.2, -0.15) is 5.10 Å². The van der Waals surface area contributed by atoms with Crippen molar-refractivity contribution in [3.63, 3.8) is 0 Å². The standard InChI is InChI=1S/C17H29N5O2/c1-5-7-15-16(23)18-8-9-21(15)17(24)20-13-10-19-22(11-12(3)4)14(13)6-2/h10,12,15H,5-9,11H2,1-4H3,(H,18,23)(H,20,24)/t15-/m1/s1. The van der Waals surface area contributed by atoms with Gasteiger partial charge in [0.1, 0.15) is 6.04 Å². The minimum absolute atomic E-state index is 0.0653. The van der Waals surface area contributed by atoms with Gasteiger partial charge in [-0.1, -0.05) is 34.1 Å². The number of carbonyl (C=O) groups is 2. The van der Waals surface area contributed by atoms with E-state index in [1.165, 1.54) is 0 Å². The Balaban J connectivity index is 2.13. The number of anilines is 1. The molecular weight excluding hydrogens is 306 g/mol. The van der Waals surface area contributed by atoms with Crippen LogP contribution in [0.5, 0.6) is 0 Å². The van der Waals surface area contributed by atoms with E-state index < -0.39 is 0 Å². The molecule has 0 saturated carbocycles. The molecule has 2 heterocycles. The van der Waals surface area contributed by atoms with Gasteiger partial charge in [-0.25, -0.2) is 4.79 Å².